The fraction of sp³-hybridized carbons (Fsp3) is 0.0714. The first kappa shape index (κ1) is 14.8. The van der Waals surface area contributed by atoms with E-state index in [1.807, 2.05) is 0 Å². The second kappa shape index (κ2) is 6.72. The van der Waals surface area contributed by atoms with Crippen LogP contribution in [-0.4, -0.2) is 12.5 Å². The van der Waals surface area contributed by atoms with E-state index in [4.69, 9.17) is 16.3 Å². The largest absolute Gasteiger partial charge is 0.484 e. The highest BCUT2D eigenvalue weighted by atomic mass is 79.9. The van der Waals surface area contributed by atoms with E-state index in [0.29, 0.717) is 16.5 Å². The van der Waals surface area contributed by atoms with Crippen LogP contribution in [-0.2, 0) is 4.79 Å². The zero-order valence-electron chi connectivity index (χ0n) is 10.2. The lowest BCUT2D eigenvalue weighted by Crippen LogP contribution is -2.20. The summed E-state index contributed by atoms with van der Waals surface area (Å²) in [6, 6.07) is 11.0. The third kappa shape index (κ3) is 4.21. The first-order valence-corrected chi connectivity index (χ1v) is 6.85. The van der Waals surface area contributed by atoms with E-state index >= 15 is 0 Å². The smallest absolute Gasteiger partial charge is 0.262 e. The molecule has 2 aromatic rings. The SMILES string of the molecule is O=C(COc1cccc(Cl)c1)Nc1ccc(F)c(Br)c1. The van der Waals surface area contributed by atoms with Crippen molar-refractivity contribution < 1.29 is 13.9 Å². The Labute approximate surface area is 128 Å². The maximum atomic E-state index is 13.0. The Bertz CT molecular complexity index is 636. The molecule has 0 fully saturated rings. The molecule has 0 atom stereocenters. The first-order chi connectivity index (χ1) is 9.54. The van der Waals surface area contributed by atoms with Crippen LogP contribution in [0.3, 0.4) is 0 Å². The van der Waals surface area contributed by atoms with Gasteiger partial charge in [0.15, 0.2) is 6.61 Å². The van der Waals surface area contributed by atoms with Gasteiger partial charge in [0.1, 0.15) is 11.6 Å². The molecular weight excluding hydrogens is 349 g/mol. The van der Waals surface area contributed by atoms with Gasteiger partial charge in [-0.25, -0.2) is 4.39 Å². The molecular formula is C14H10BrClFNO2. The maximum absolute atomic E-state index is 13.0. The highest BCUT2D eigenvalue weighted by Crippen LogP contribution is 2.20. The number of anilines is 1. The van der Waals surface area contributed by atoms with Crippen LogP contribution in [0.15, 0.2) is 46.9 Å². The van der Waals surface area contributed by atoms with E-state index in [2.05, 4.69) is 21.2 Å². The summed E-state index contributed by atoms with van der Waals surface area (Å²) < 4.78 is 18.6. The Balaban J connectivity index is 1.91. The number of nitrogens with one attached hydrogen (secondary N) is 1. The van der Waals surface area contributed by atoms with Crippen molar-refractivity contribution in [3.05, 3.63) is 57.8 Å². The summed E-state index contributed by atoms with van der Waals surface area (Å²) in [5, 5.41) is 3.13. The van der Waals surface area contributed by atoms with Gasteiger partial charge in [0, 0.05) is 10.7 Å². The Morgan fingerprint density at radius 2 is 2.10 bits per heavy atom. The molecule has 0 radical (unpaired) electrons. The molecule has 0 aliphatic carbocycles. The first-order valence-electron chi connectivity index (χ1n) is 5.68. The molecule has 0 saturated heterocycles. The van der Waals surface area contributed by atoms with E-state index in [1.165, 1.54) is 18.2 Å². The summed E-state index contributed by atoms with van der Waals surface area (Å²) in [7, 11) is 0. The Morgan fingerprint density at radius 3 is 2.80 bits per heavy atom. The average molecular weight is 359 g/mol. The van der Waals surface area contributed by atoms with Gasteiger partial charge in [0.05, 0.1) is 4.47 Å². The molecule has 1 N–H and O–H groups in total. The van der Waals surface area contributed by atoms with Gasteiger partial charge in [0.25, 0.3) is 5.91 Å². The average Bonchev–Trinajstić information content (AvgIpc) is 2.41. The molecule has 0 spiro atoms. The van der Waals surface area contributed by atoms with Crippen molar-refractivity contribution in [2.45, 2.75) is 0 Å². The fourth-order valence-corrected chi connectivity index (χ4v) is 2.04. The number of rotatable bonds is 4. The molecule has 0 saturated carbocycles. The lowest BCUT2D eigenvalue weighted by Gasteiger charge is -2.08. The van der Waals surface area contributed by atoms with Crippen LogP contribution in [0.4, 0.5) is 10.1 Å². The number of benzene rings is 2. The highest BCUT2D eigenvalue weighted by molar-refractivity contribution is 9.10. The quantitative estimate of drug-likeness (QED) is 0.887. The third-order valence-corrected chi connectivity index (χ3v) is 3.21. The lowest BCUT2D eigenvalue weighted by atomic mass is 10.3. The molecule has 0 unspecified atom stereocenters. The van der Waals surface area contributed by atoms with Crippen LogP contribution in [0.1, 0.15) is 0 Å². The van der Waals surface area contributed by atoms with E-state index in [-0.39, 0.29) is 17.0 Å². The zero-order chi connectivity index (χ0) is 14.5. The molecule has 104 valence electrons. The van der Waals surface area contributed by atoms with Crippen LogP contribution in [0.25, 0.3) is 0 Å². The topological polar surface area (TPSA) is 38.3 Å². The van der Waals surface area contributed by atoms with Crippen molar-refractivity contribution >= 4 is 39.1 Å². The molecule has 3 nitrogen and oxygen atoms in total. The van der Waals surface area contributed by atoms with Crippen LogP contribution < -0.4 is 10.1 Å². The van der Waals surface area contributed by atoms with Crippen LogP contribution in [0, 0.1) is 5.82 Å². The molecule has 0 heterocycles. The van der Waals surface area contributed by atoms with E-state index in [1.54, 1.807) is 24.3 Å². The Kier molecular flexibility index (Phi) is 4.98. The summed E-state index contributed by atoms with van der Waals surface area (Å²) in [5.41, 5.74) is 0.484. The number of amides is 1. The Hall–Kier alpha value is -1.59. The minimum absolute atomic E-state index is 0.157. The molecule has 6 heteroatoms. The van der Waals surface area contributed by atoms with Crippen LogP contribution in [0.5, 0.6) is 5.75 Å². The molecule has 0 aliphatic rings. The molecule has 1 amide bonds. The summed E-state index contributed by atoms with van der Waals surface area (Å²) >= 11 is 8.85. The molecule has 2 aromatic carbocycles. The Morgan fingerprint density at radius 1 is 1.30 bits per heavy atom. The lowest BCUT2D eigenvalue weighted by molar-refractivity contribution is -0.118. The number of hydrogen-bond acceptors (Lipinski definition) is 2. The minimum atomic E-state index is -0.391. The van der Waals surface area contributed by atoms with E-state index in [9.17, 15) is 9.18 Å². The van der Waals surface area contributed by atoms with Gasteiger partial charge in [-0.1, -0.05) is 17.7 Å². The third-order valence-electron chi connectivity index (χ3n) is 2.37. The summed E-state index contributed by atoms with van der Waals surface area (Å²) in [6.07, 6.45) is 0. The monoisotopic (exact) mass is 357 g/mol. The van der Waals surface area contributed by atoms with Gasteiger partial charge in [-0.2, -0.15) is 0 Å². The number of hydrogen-bond donors (Lipinski definition) is 1. The number of carbonyl (C=O) groups excluding carboxylic acids is 1. The molecule has 0 bridgehead atoms. The van der Waals surface area contributed by atoms with Crippen molar-refractivity contribution in [1.82, 2.24) is 0 Å². The zero-order valence-corrected chi connectivity index (χ0v) is 12.5. The van der Waals surface area contributed by atoms with Gasteiger partial charge in [-0.15, -0.1) is 0 Å². The molecule has 0 aliphatic heterocycles. The van der Waals surface area contributed by atoms with Gasteiger partial charge in [-0.3, -0.25) is 4.79 Å². The van der Waals surface area contributed by atoms with Crippen LogP contribution in [0.2, 0.25) is 5.02 Å². The van der Waals surface area contributed by atoms with Crippen molar-refractivity contribution in [2.75, 3.05) is 11.9 Å². The standard InChI is InChI=1S/C14H10BrClFNO2/c15-12-7-10(4-5-13(12)17)18-14(19)8-20-11-3-1-2-9(16)6-11/h1-7H,8H2,(H,18,19). The van der Waals surface area contributed by atoms with Gasteiger partial charge < -0.3 is 10.1 Å². The second-order valence-electron chi connectivity index (χ2n) is 3.92. The highest BCUT2D eigenvalue weighted by Gasteiger charge is 2.06. The summed E-state index contributed by atoms with van der Waals surface area (Å²) in [5.74, 6) is -0.227. The van der Waals surface area contributed by atoms with Crippen LogP contribution >= 0.6 is 27.5 Å². The van der Waals surface area contributed by atoms with Crippen molar-refractivity contribution in [1.29, 1.82) is 0 Å². The summed E-state index contributed by atoms with van der Waals surface area (Å²) in [4.78, 5) is 11.7. The fourth-order valence-electron chi connectivity index (χ4n) is 1.48. The van der Waals surface area contributed by atoms with Gasteiger partial charge in [0.2, 0.25) is 0 Å². The minimum Gasteiger partial charge on any atom is -0.484 e. The number of ether oxygens (including phenoxy) is 1. The number of halogens is 3. The maximum Gasteiger partial charge on any atom is 0.262 e. The van der Waals surface area contributed by atoms with E-state index in [0.717, 1.165) is 0 Å². The van der Waals surface area contributed by atoms with Crippen molar-refractivity contribution in [3.63, 3.8) is 0 Å². The molecule has 20 heavy (non-hydrogen) atoms. The van der Waals surface area contributed by atoms with Gasteiger partial charge in [-0.05, 0) is 52.3 Å². The second-order valence-corrected chi connectivity index (χ2v) is 5.21. The summed E-state index contributed by atoms with van der Waals surface area (Å²) in [6.45, 7) is -0.157. The van der Waals surface area contributed by atoms with Gasteiger partial charge >= 0.3 is 0 Å². The number of carbonyl (C=O) groups is 1. The molecule has 2 rings (SSSR count). The predicted molar refractivity (Wildman–Crippen MR) is 79.7 cm³/mol. The normalized spacial score (nSPS) is 10.2. The molecule has 0 aromatic heterocycles. The van der Waals surface area contributed by atoms with E-state index < -0.39 is 5.82 Å². The van der Waals surface area contributed by atoms with Crippen molar-refractivity contribution in [3.8, 4) is 5.75 Å². The van der Waals surface area contributed by atoms with Crippen molar-refractivity contribution in [2.24, 2.45) is 0 Å². The predicted octanol–water partition coefficient (Wildman–Crippen LogP) is 4.26.